The molecule has 0 amide bonds. The number of hydrogen-bond donors (Lipinski definition) is 1. The van der Waals surface area contributed by atoms with E-state index in [9.17, 15) is 10.1 Å². The highest BCUT2D eigenvalue weighted by Crippen LogP contribution is 2.40. The van der Waals surface area contributed by atoms with Crippen molar-refractivity contribution in [3.05, 3.63) is 27.9 Å². The summed E-state index contributed by atoms with van der Waals surface area (Å²) in [5.41, 5.74) is 0.740. The number of thioether (sulfide) groups is 1. The SMILES string of the molecule is CSC1(CNc2nccc(C)c2[N+](=O)[O-])CCCC1. The summed E-state index contributed by atoms with van der Waals surface area (Å²) in [6.45, 7) is 2.48. The largest absolute Gasteiger partial charge is 0.363 e. The van der Waals surface area contributed by atoms with Crippen LogP contribution in [0.1, 0.15) is 31.2 Å². The summed E-state index contributed by atoms with van der Waals surface area (Å²) >= 11 is 1.86. The third-order valence-corrected chi connectivity index (χ3v) is 5.25. The quantitative estimate of drug-likeness (QED) is 0.662. The van der Waals surface area contributed by atoms with Crippen molar-refractivity contribution in [3.8, 4) is 0 Å². The maximum absolute atomic E-state index is 11.1. The lowest BCUT2D eigenvalue weighted by Crippen LogP contribution is -2.30. The van der Waals surface area contributed by atoms with Crippen LogP contribution in [0.4, 0.5) is 11.5 Å². The molecule has 19 heavy (non-hydrogen) atoms. The van der Waals surface area contributed by atoms with Gasteiger partial charge >= 0.3 is 5.69 Å². The fraction of sp³-hybridized carbons (Fsp3) is 0.615. The van der Waals surface area contributed by atoms with Crippen molar-refractivity contribution in [2.45, 2.75) is 37.4 Å². The Morgan fingerprint density at radius 3 is 2.79 bits per heavy atom. The van der Waals surface area contributed by atoms with Crippen LogP contribution >= 0.6 is 11.8 Å². The van der Waals surface area contributed by atoms with E-state index >= 15 is 0 Å². The number of anilines is 1. The molecule has 0 radical (unpaired) electrons. The summed E-state index contributed by atoms with van der Waals surface area (Å²) in [6, 6.07) is 1.67. The number of aryl methyl sites for hydroxylation is 1. The second-order valence-corrected chi connectivity index (χ2v) is 6.30. The summed E-state index contributed by atoms with van der Waals surface area (Å²) < 4.78 is 0.208. The Morgan fingerprint density at radius 2 is 2.21 bits per heavy atom. The Balaban J connectivity index is 2.15. The number of nitrogens with one attached hydrogen (secondary N) is 1. The molecule has 0 unspecified atom stereocenters. The van der Waals surface area contributed by atoms with E-state index in [1.807, 2.05) is 11.8 Å². The van der Waals surface area contributed by atoms with Crippen molar-refractivity contribution < 1.29 is 4.92 Å². The Hall–Kier alpha value is -1.30. The molecule has 0 bridgehead atoms. The minimum Gasteiger partial charge on any atom is -0.363 e. The van der Waals surface area contributed by atoms with Crippen molar-refractivity contribution >= 4 is 23.3 Å². The molecule has 0 atom stereocenters. The van der Waals surface area contributed by atoms with E-state index in [1.165, 1.54) is 25.7 Å². The average molecular weight is 281 g/mol. The third-order valence-electron chi connectivity index (χ3n) is 3.83. The molecule has 0 spiro atoms. The molecule has 104 valence electrons. The standard InChI is InChI=1S/C13H19N3O2S/c1-10-5-8-14-12(11(10)16(17)18)15-9-13(19-2)6-3-4-7-13/h5,8H,3-4,6-7,9H2,1-2H3,(H,14,15). The minimum atomic E-state index is -0.356. The summed E-state index contributed by atoms with van der Waals surface area (Å²) in [7, 11) is 0. The highest BCUT2D eigenvalue weighted by Gasteiger charge is 2.33. The topological polar surface area (TPSA) is 68.1 Å². The first-order valence-corrected chi connectivity index (χ1v) is 7.69. The van der Waals surface area contributed by atoms with E-state index in [-0.39, 0.29) is 15.4 Å². The molecular formula is C13H19N3O2S. The highest BCUT2D eigenvalue weighted by atomic mass is 32.2. The molecular weight excluding hydrogens is 262 g/mol. The molecule has 1 aromatic heterocycles. The van der Waals surface area contributed by atoms with Gasteiger partial charge in [-0.25, -0.2) is 4.98 Å². The molecule has 1 saturated carbocycles. The van der Waals surface area contributed by atoms with Gasteiger partial charge in [-0.15, -0.1) is 0 Å². The van der Waals surface area contributed by atoms with Crippen LogP contribution in [0.2, 0.25) is 0 Å². The summed E-state index contributed by atoms with van der Waals surface area (Å²) in [4.78, 5) is 14.9. The Morgan fingerprint density at radius 1 is 1.53 bits per heavy atom. The predicted molar refractivity (Wildman–Crippen MR) is 78.8 cm³/mol. The molecule has 1 aromatic rings. The first kappa shape index (κ1) is 14.1. The van der Waals surface area contributed by atoms with Gasteiger partial charge in [0.25, 0.3) is 0 Å². The monoisotopic (exact) mass is 281 g/mol. The van der Waals surface area contributed by atoms with Gasteiger partial charge in [-0.05, 0) is 32.1 Å². The molecule has 0 aliphatic heterocycles. The Labute approximate surface area is 117 Å². The van der Waals surface area contributed by atoms with Crippen LogP contribution in [0.25, 0.3) is 0 Å². The molecule has 0 aromatic carbocycles. The molecule has 1 fully saturated rings. The average Bonchev–Trinajstić information content (AvgIpc) is 2.85. The van der Waals surface area contributed by atoms with Crippen molar-refractivity contribution in [3.63, 3.8) is 0 Å². The molecule has 6 heteroatoms. The van der Waals surface area contributed by atoms with E-state index in [1.54, 1.807) is 19.2 Å². The van der Waals surface area contributed by atoms with Crippen molar-refractivity contribution in [2.75, 3.05) is 18.1 Å². The number of nitrogens with zero attached hydrogens (tertiary/aromatic N) is 2. The molecule has 1 aliphatic rings. The van der Waals surface area contributed by atoms with Crippen LogP contribution in [-0.2, 0) is 0 Å². The summed E-state index contributed by atoms with van der Waals surface area (Å²) in [6.07, 6.45) is 8.55. The van der Waals surface area contributed by atoms with Gasteiger partial charge in [-0.1, -0.05) is 12.8 Å². The van der Waals surface area contributed by atoms with Gasteiger partial charge < -0.3 is 5.32 Å². The van der Waals surface area contributed by atoms with Crippen LogP contribution < -0.4 is 5.32 Å². The van der Waals surface area contributed by atoms with Crippen LogP contribution in [0.5, 0.6) is 0 Å². The maximum Gasteiger partial charge on any atom is 0.314 e. The Kier molecular flexibility index (Phi) is 4.29. The van der Waals surface area contributed by atoms with Crippen molar-refractivity contribution in [1.82, 2.24) is 4.98 Å². The number of hydrogen-bond acceptors (Lipinski definition) is 5. The molecule has 1 aliphatic carbocycles. The van der Waals surface area contributed by atoms with E-state index in [0.29, 0.717) is 11.4 Å². The normalized spacial score (nSPS) is 17.4. The van der Waals surface area contributed by atoms with Gasteiger partial charge in [0.2, 0.25) is 5.82 Å². The number of nitro groups is 1. The van der Waals surface area contributed by atoms with Gasteiger partial charge in [0.05, 0.1) is 4.92 Å². The lowest BCUT2D eigenvalue weighted by Gasteiger charge is -2.27. The van der Waals surface area contributed by atoms with Gasteiger partial charge in [0, 0.05) is 23.1 Å². The second-order valence-electron chi connectivity index (χ2n) is 5.03. The number of rotatable bonds is 5. The van der Waals surface area contributed by atoms with E-state index in [0.717, 1.165) is 6.54 Å². The zero-order valence-electron chi connectivity index (χ0n) is 11.3. The van der Waals surface area contributed by atoms with Crippen molar-refractivity contribution in [2.24, 2.45) is 0 Å². The van der Waals surface area contributed by atoms with Crippen LogP contribution in [0.3, 0.4) is 0 Å². The number of aromatic nitrogens is 1. The predicted octanol–water partition coefficient (Wildman–Crippen LogP) is 3.39. The van der Waals surface area contributed by atoms with Gasteiger partial charge in [0.15, 0.2) is 0 Å². The lowest BCUT2D eigenvalue weighted by molar-refractivity contribution is -0.384. The summed E-state index contributed by atoms with van der Waals surface area (Å²) in [5, 5.41) is 14.3. The van der Waals surface area contributed by atoms with E-state index < -0.39 is 0 Å². The lowest BCUT2D eigenvalue weighted by atomic mass is 10.1. The van der Waals surface area contributed by atoms with Gasteiger partial charge in [-0.2, -0.15) is 11.8 Å². The summed E-state index contributed by atoms with van der Waals surface area (Å²) in [5.74, 6) is 0.394. The maximum atomic E-state index is 11.1. The second kappa shape index (κ2) is 5.77. The third kappa shape index (κ3) is 3.00. The van der Waals surface area contributed by atoms with Crippen LogP contribution in [0, 0.1) is 17.0 Å². The van der Waals surface area contributed by atoms with E-state index in [2.05, 4.69) is 16.6 Å². The molecule has 2 rings (SSSR count). The van der Waals surface area contributed by atoms with Gasteiger partial charge in [0.1, 0.15) is 0 Å². The van der Waals surface area contributed by atoms with Crippen LogP contribution in [-0.4, -0.2) is 27.5 Å². The Bertz CT molecular complexity index is 473. The van der Waals surface area contributed by atoms with E-state index in [4.69, 9.17) is 0 Å². The molecule has 5 nitrogen and oxygen atoms in total. The molecule has 1 N–H and O–H groups in total. The first-order valence-electron chi connectivity index (χ1n) is 6.47. The zero-order chi connectivity index (χ0) is 13.9. The zero-order valence-corrected chi connectivity index (χ0v) is 12.1. The number of pyridine rings is 1. The molecule has 0 saturated heterocycles. The molecule has 1 heterocycles. The van der Waals surface area contributed by atoms with Crippen LogP contribution in [0.15, 0.2) is 12.3 Å². The highest BCUT2D eigenvalue weighted by molar-refractivity contribution is 8.00. The van der Waals surface area contributed by atoms with Crippen molar-refractivity contribution in [1.29, 1.82) is 0 Å². The van der Waals surface area contributed by atoms with Gasteiger partial charge in [-0.3, -0.25) is 10.1 Å². The fourth-order valence-corrected chi connectivity index (χ4v) is 3.54. The fourth-order valence-electron chi connectivity index (χ4n) is 2.63. The smallest absolute Gasteiger partial charge is 0.314 e. The first-order chi connectivity index (χ1) is 9.08. The minimum absolute atomic E-state index is 0.0942.